The van der Waals surface area contributed by atoms with Crippen molar-refractivity contribution in [2.24, 2.45) is 23.2 Å². The van der Waals surface area contributed by atoms with E-state index in [1.54, 1.807) is 0 Å². The van der Waals surface area contributed by atoms with Crippen LogP contribution in [0.1, 0.15) is 38.5 Å². The minimum atomic E-state index is -0.518. The Morgan fingerprint density at radius 3 is 2.06 bits per heavy atom. The average Bonchev–Trinajstić information content (AvgIpc) is 2.24. The molecular formula is C13H20O3. The van der Waals surface area contributed by atoms with Crippen molar-refractivity contribution in [1.82, 2.24) is 0 Å². The van der Waals surface area contributed by atoms with Gasteiger partial charge in [-0.25, -0.2) is 4.79 Å². The average molecular weight is 224 g/mol. The van der Waals surface area contributed by atoms with E-state index in [-0.39, 0.29) is 0 Å². The van der Waals surface area contributed by atoms with Crippen molar-refractivity contribution in [3.8, 4) is 0 Å². The minimum absolute atomic E-state index is 0.308. The molecule has 0 aromatic heterocycles. The zero-order valence-corrected chi connectivity index (χ0v) is 9.91. The van der Waals surface area contributed by atoms with Gasteiger partial charge >= 0.3 is 6.16 Å². The first-order valence-electron chi connectivity index (χ1n) is 6.40. The van der Waals surface area contributed by atoms with Crippen LogP contribution in [0.4, 0.5) is 4.79 Å². The fourth-order valence-corrected chi connectivity index (χ4v) is 4.74. The van der Waals surface area contributed by atoms with E-state index in [4.69, 9.17) is 4.74 Å². The molecule has 4 saturated carbocycles. The highest BCUT2D eigenvalue weighted by Crippen LogP contribution is 2.60. The van der Waals surface area contributed by atoms with Crippen molar-refractivity contribution in [2.75, 3.05) is 13.7 Å². The van der Waals surface area contributed by atoms with Crippen LogP contribution in [-0.2, 0) is 9.47 Å². The Kier molecular flexibility index (Phi) is 2.37. The van der Waals surface area contributed by atoms with Crippen LogP contribution in [0.5, 0.6) is 0 Å². The molecule has 4 bridgehead atoms. The number of rotatable bonds is 2. The van der Waals surface area contributed by atoms with Gasteiger partial charge in [0.15, 0.2) is 0 Å². The van der Waals surface area contributed by atoms with E-state index in [1.807, 2.05) is 0 Å². The summed E-state index contributed by atoms with van der Waals surface area (Å²) in [5, 5.41) is 0. The van der Waals surface area contributed by atoms with E-state index in [0.29, 0.717) is 12.0 Å². The molecule has 3 nitrogen and oxygen atoms in total. The van der Waals surface area contributed by atoms with Crippen molar-refractivity contribution < 1.29 is 14.3 Å². The highest BCUT2D eigenvalue weighted by molar-refractivity contribution is 5.59. The number of hydrogen-bond donors (Lipinski definition) is 0. The Balaban J connectivity index is 1.67. The topological polar surface area (TPSA) is 35.5 Å². The molecule has 0 heterocycles. The maximum atomic E-state index is 11.1. The number of hydrogen-bond acceptors (Lipinski definition) is 3. The lowest BCUT2D eigenvalue weighted by molar-refractivity contribution is -0.0884. The Bertz CT molecular complexity index is 262. The lowest BCUT2D eigenvalue weighted by Crippen LogP contribution is -2.48. The standard InChI is InChI=1S/C13H20O3/c1-15-12(14)16-8-13-5-9-2-10(6-13)4-11(3-9)7-13/h9-11H,2-8H2,1H3. The highest BCUT2D eigenvalue weighted by atomic mass is 16.7. The van der Waals surface area contributed by atoms with Gasteiger partial charge in [0.05, 0.1) is 7.11 Å². The molecule has 4 aliphatic carbocycles. The summed E-state index contributed by atoms with van der Waals surface area (Å²) >= 11 is 0. The monoisotopic (exact) mass is 224 g/mol. The Hall–Kier alpha value is -0.730. The molecule has 4 aliphatic rings. The molecule has 0 aromatic rings. The molecule has 3 heteroatoms. The molecule has 4 fully saturated rings. The second-order valence-electron chi connectivity index (χ2n) is 6.16. The second kappa shape index (κ2) is 3.64. The SMILES string of the molecule is COC(=O)OCC12CC3CC(CC(C3)C1)C2. The summed E-state index contributed by atoms with van der Waals surface area (Å²) in [4.78, 5) is 11.1. The van der Waals surface area contributed by atoms with Crippen molar-refractivity contribution in [2.45, 2.75) is 38.5 Å². The van der Waals surface area contributed by atoms with E-state index in [1.165, 1.54) is 45.6 Å². The van der Waals surface area contributed by atoms with Crippen LogP contribution < -0.4 is 0 Å². The van der Waals surface area contributed by atoms with Crippen LogP contribution in [0.3, 0.4) is 0 Å². The second-order valence-corrected chi connectivity index (χ2v) is 6.16. The number of carbonyl (C=O) groups excluding carboxylic acids is 1. The Morgan fingerprint density at radius 2 is 1.62 bits per heavy atom. The first-order chi connectivity index (χ1) is 7.69. The quantitative estimate of drug-likeness (QED) is 0.676. The Morgan fingerprint density at radius 1 is 1.12 bits per heavy atom. The molecule has 0 amide bonds. The van der Waals surface area contributed by atoms with Gasteiger partial charge in [-0.3, -0.25) is 0 Å². The zero-order valence-electron chi connectivity index (χ0n) is 9.91. The van der Waals surface area contributed by atoms with Crippen LogP contribution in [0, 0.1) is 23.2 Å². The molecule has 0 aliphatic heterocycles. The number of ether oxygens (including phenoxy) is 2. The Labute approximate surface area is 96.5 Å². The normalized spacial score (nSPS) is 44.4. The summed E-state index contributed by atoms with van der Waals surface area (Å²) in [5.74, 6) is 2.73. The van der Waals surface area contributed by atoms with Gasteiger partial charge in [-0.05, 0) is 56.3 Å². The summed E-state index contributed by atoms with van der Waals surface area (Å²) in [5.41, 5.74) is 0.308. The fourth-order valence-electron chi connectivity index (χ4n) is 4.74. The maximum Gasteiger partial charge on any atom is 0.507 e. The van der Waals surface area contributed by atoms with Gasteiger partial charge in [0.1, 0.15) is 6.61 Å². The summed E-state index contributed by atoms with van der Waals surface area (Å²) in [6.07, 6.45) is 7.59. The molecule has 0 N–H and O–H groups in total. The van der Waals surface area contributed by atoms with Gasteiger partial charge in [0.25, 0.3) is 0 Å². The maximum absolute atomic E-state index is 11.1. The van der Waals surface area contributed by atoms with Crippen molar-refractivity contribution in [3.63, 3.8) is 0 Å². The van der Waals surface area contributed by atoms with Gasteiger partial charge in [0.2, 0.25) is 0 Å². The van der Waals surface area contributed by atoms with E-state index in [0.717, 1.165) is 17.8 Å². The van der Waals surface area contributed by atoms with Gasteiger partial charge < -0.3 is 9.47 Å². The fraction of sp³-hybridized carbons (Fsp3) is 0.923. The van der Waals surface area contributed by atoms with E-state index < -0.39 is 6.16 Å². The lowest BCUT2D eigenvalue weighted by atomic mass is 9.50. The van der Waals surface area contributed by atoms with Crippen molar-refractivity contribution in [1.29, 1.82) is 0 Å². The van der Waals surface area contributed by atoms with E-state index >= 15 is 0 Å². The zero-order chi connectivity index (χ0) is 11.2. The summed E-state index contributed by atoms with van der Waals surface area (Å²) in [6, 6.07) is 0. The smallest absolute Gasteiger partial charge is 0.438 e. The predicted molar refractivity (Wildman–Crippen MR) is 59.0 cm³/mol. The van der Waals surface area contributed by atoms with Crippen LogP contribution in [0.2, 0.25) is 0 Å². The highest BCUT2D eigenvalue weighted by Gasteiger charge is 2.51. The third kappa shape index (κ3) is 1.70. The summed E-state index contributed by atoms with van der Waals surface area (Å²) in [7, 11) is 1.38. The first kappa shape index (κ1) is 10.4. The third-order valence-corrected chi connectivity index (χ3v) is 4.83. The van der Waals surface area contributed by atoms with Crippen molar-refractivity contribution in [3.05, 3.63) is 0 Å². The van der Waals surface area contributed by atoms with Crippen LogP contribution in [-0.4, -0.2) is 19.9 Å². The van der Waals surface area contributed by atoms with E-state index in [9.17, 15) is 4.79 Å². The molecule has 0 atom stereocenters. The van der Waals surface area contributed by atoms with Crippen LogP contribution in [0.15, 0.2) is 0 Å². The molecule has 4 rings (SSSR count). The molecule has 0 radical (unpaired) electrons. The van der Waals surface area contributed by atoms with E-state index in [2.05, 4.69) is 4.74 Å². The number of carbonyl (C=O) groups is 1. The molecule has 90 valence electrons. The molecule has 0 unspecified atom stereocenters. The minimum Gasteiger partial charge on any atom is -0.438 e. The third-order valence-electron chi connectivity index (χ3n) is 4.83. The lowest BCUT2D eigenvalue weighted by Gasteiger charge is -2.56. The first-order valence-corrected chi connectivity index (χ1v) is 6.40. The van der Waals surface area contributed by atoms with Crippen LogP contribution >= 0.6 is 0 Å². The molecule has 0 spiro atoms. The van der Waals surface area contributed by atoms with Gasteiger partial charge in [-0.2, -0.15) is 0 Å². The number of methoxy groups -OCH3 is 1. The molecular weight excluding hydrogens is 204 g/mol. The summed E-state index contributed by atoms with van der Waals surface area (Å²) < 4.78 is 9.77. The summed E-state index contributed by atoms with van der Waals surface area (Å²) in [6.45, 7) is 0.586. The molecule has 16 heavy (non-hydrogen) atoms. The largest absolute Gasteiger partial charge is 0.507 e. The van der Waals surface area contributed by atoms with Gasteiger partial charge in [-0.15, -0.1) is 0 Å². The molecule has 0 saturated heterocycles. The van der Waals surface area contributed by atoms with Gasteiger partial charge in [0, 0.05) is 5.41 Å². The van der Waals surface area contributed by atoms with Crippen LogP contribution in [0.25, 0.3) is 0 Å². The van der Waals surface area contributed by atoms with Crippen molar-refractivity contribution >= 4 is 6.16 Å². The van der Waals surface area contributed by atoms with Gasteiger partial charge in [-0.1, -0.05) is 0 Å². The predicted octanol–water partition coefficient (Wildman–Crippen LogP) is 2.99. The molecule has 0 aromatic carbocycles.